The predicted molar refractivity (Wildman–Crippen MR) is 74.5 cm³/mol. The number of para-hydroxylation sites is 1. The average Bonchev–Trinajstić information content (AvgIpc) is 2.35. The van der Waals surface area contributed by atoms with Gasteiger partial charge in [-0.15, -0.1) is 12.4 Å². The van der Waals surface area contributed by atoms with Crippen molar-refractivity contribution in [1.82, 2.24) is 0 Å². The Labute approximate surface area is 115 Å². The first-order valence-electron chi connectivity index (χ1n) is 5.15. The van der Waals surface area contributed by atoms with Crippen LogP contribution in [0.4, 0.5) is 11.4 Å². The molecule has 0 unspecified atom stereocenters. The summed E-state index contributed by atoms with van der Waals surface area (Å²) < 4.78 is 0. The van der Waals surface area contributed by atoms with Crippen molar-refractivity contribution in [2.75, 3.05) is 5.32 Å². The average molecular weight is 280 g/mol. The van der Waals surface area contributed by atoms with Crippen molar-refractivity contribution in [1.29, 1.82) is 0 Å². The molecule has 3 rings (SSSR count). The van der Waals surface area contributed by atoms with E-state index in [1.165, 1.54) is 0 Å². The van der Waals surface area contributed by atoms with E-state index in [1.54, 1.807) is 23.9 Å². The second-order valence-corrected chi connectivity index (χ2v) is 4.82. The first-order valence-corrected chi connectivity index (χ1v) is 5.97. The van der Waals surface area contributed by atoms with Crippen LogP contribution in [0.1, 0.15) is 10.4 Å². The maximum atomic E-state index is 10.9. The van der Waals surface area contributed by atoms with Crippen molar-refractivity contribution in [3.63, 3.8) is 0 Å². The number of benzene rings is 2. The first-order chi connectivity index (χ1) is 8.24. The van der Waals surface area contributed by atoms with E-state index in [0.717, 1.165) is 21.2 Å². The maximum Gasteiger partial charge on any atom is 0.335 e. The van der Waals surface area contributed by atoms with Gasteiger partial charge in [0.2, 0.25) is 0 Å². The molecule has 0 atom stereocenters. The number of hydrogen-bond acceptors (Lipinski definition) is 3. The van der Waals surface area contributed by atoms with Gasteiger partial charge in [0.05, 0.1) is 16.9 Å². The molecule has 0 amide bonds. The standard InChI is InChI=1S/C13H9NO2S.ClH/c15-13(16)8-5-6-12-10(7-8)14-9-3-1-2-4-11(9)17-12;/h1-7,14H,(H,15,16);1H. The lowest BCUT2D eigenvalue weighted by atomic mass is 10.2. The summed E-state index contributed by atoms with van der Waals surface area (Å²) in [4.78, 5) is 13.1. The van der Waals surface area contributed by atoms with Gasteiger partial charge in [-0.05, 0) is 30.3 Å². The zero-order valence-electron chi connectivity index (χ0n) is 9.21. The topological polar surface area (TPSA) is 49.3 Å². The Morgan fingerprint density at radius 2 is 1.78 bits per heavy atom. The van der Waals surface area contributed by atoms with Gasteiger partial charge in [0.1, 0.15) is 0 Å². The van der Waals surface area contributed by atoms with Gasteiger partial charge in [0, 0.05) is 9.79 Å². The smallest absolute Gasteiger partial charge is 0.335 e. The number of aromatic carboxylic acids is 1. The minimum absolute atomic E-state index is 0. The van der Waals surface area contributed by atoms with Crippen LogP contribution in [-0.4, -0.2) is 11.1 Å². The molecule has 2 N–H and O–H groups in total. The molecular weight excluding hydrogens is 270 g/mol. The second kappa shape index (κ2) is 4.92. The molecule has 0 aromatic heterocycles. The van der Waals surface area contributed by atoms with E-state index >= 15 is 0 Å². The van der Waals surface area contributed by atoms with Crippen LogP contribution in [0.3, 0.4) is 0 Å². The van der Waals surface area contributed by atoms with Gasteiger partial charge >= 0.3 is 5.97 Å². The summed E-state index contributed by atoms with van der Waals surface area (Å²) in [6.45, 7) is 0. The largest absolute Gasteiger partial charge is 0.478 e. The van der Waals surface area contributed by atoms with Gasteiger partial charge in [0.25, 0.3) is 0 Å². The number of hydrogen-bond donors (Lipinski definition) is 2. The summed E-state index contributed by atoms with van der Waals surface area (Å²) in [7, 11) is 0. The lowest BCUT2D eigenvalue weighted by molar-refractivity contribution is 0.0697. The molecule has 0 saturated heterocycles. The van der Waals surface area contributed by atoms with E-state index in [2.05, 4.69) is 5.32 Å². The molecule has 2 aromatic rings. The molecule has 0 radical (unpaired) electrons. The van der Waals surface area contributed by atoms with Gasteiger partial charge in [0.15, 0.2) is 0 Å². The summed E-state index contributed by atoms with van der Waals surface area (Å²) in [6, 6.07) is 13.1. The molecule has 1 heterocycles. The zero-order chi connectivity index (χ0) is 11.8. The minimum Gasteiger partial charge on any atom is -0.478 e. The van der Waals surface area contributed by atoms with Gasteiger partial charge in [-0.25, -0.2) is 4.79 Å². The highest BCUT2D eigenvalue weighted by Gasteiger charge is 2.16. The highest BCUT2D eigenvalue weighted by atomic mass is 35.5. The highest BCUT2D eigenvalue weighted by Crippen LogP contribution is 2.43. The fraction of sp³-hybridized carbons (Fsp3) is 0. The Morgan fingerprint density at radius 3 is 2.56 bits per heavy atom. The van der Waals surface area contributed by atoms with E-state index in [1.807, 2.05) is 30.3 Å². The molecule has 0 saturated carbocycles. The van der Waals surface area contributed by atoms with Crippen LogP contribution in [-0.2, 0) is 0 Å². The van der Waals surface area contributed by atoms with Crippen molar-refractivity contribution >= 4 is 41.5 Å². The summed E-state index contributed by atoms with van der Waals surface area (Å²) in [5.74, 6) is -0.904. The van der Waals surface area contributed by atoms with Gasteiger partial charge in [-0.1, -0.05) is 23.9 Å². The SMILES string of the molecule is Cl.O=C(O)c1ccc2c(c1)Nc1ccccc1S2. The number of carboxylic acids is 1. The van der Waals surface area contributed by atoms with E-state index in [0.29, 0.717) is 5.56 Å². The van der Waals surface area contributed by atoms with Crippen molar-refractivity contribution in [2.45, 2.75) is 9.79 Å². The predicted octanol–water partition coefficient (Wildman–Crippen LogP) is 4.01. The lowest BCUT2D eigenvalue weighted by Crippen LogP contribution is -2.02. The quantitative estimate of drug-likeness (QED) is 0.706. The van der Waals surface area contributed by atoms with Crippen LogP contribution in [0.15, 0.2) is 52.3 Å². The number of halogens is 1. The molecule has 0 spiro atoms. The van der Waals surface area contributed by atoms with Crippen LogP contribution in [0, 0.1) is 0 Å². The van der Waals surface area contributed by atoms with Gasteiger partial charge in [-0.2, -0.15) is 0 Å². The molecular formula is C13H10ClNO2S. The molecule has 0 fully saturated rings. The van der Waals surface area contributed by atoms with Crippen LogP contribution in [0.25, 0.3) is 0 Å². The molecule has 0 bridgehead atoms. The van der Waals surface area contributed by atoms with Crippen LogP contribution >= 0.6 is 24.2 Å². The first kappa shape index (κ1) is 12.8. The van der Waals surface area contributed by atoms with Gasteiger partial charge < -0.3 is 10.4 Å². The molecule has 2 aromatic carbocycles. The van der Waals surface area contributed by atoms with Gasteiger partial charge in [-0.3, -0.25) is 0 Å². The molecule has 0 aliphatic carbocycles. The molecule has 1 aliphatic rings. The molecule has 5 heteroatoms. The Hall–Kier alpha value is -1.65. The van der Waals surface area contributed by atoms with Crippen molar-refractivity contribution < 1.29 is 9.90 Å². The van der Waals surface area contributed by atoms with Crippen LogP contribution in [0.2, 0.25) is 0 Å². The third-order valence-electron chi connectivity index (χ3n) is 2.60. The summed E-state index contributed by atoms with van der Waals surface area (Å²) in [5.41, 5.74) is 2.18. The molecule has 1 aliphatic heterocycles. The highest BCUT2D eigenvalue weighted by molar-refractivity contribution is 7.99. The Kier molecular flexibility index (Phi) is 3.50. The number of rotatable bonds is 1. The summed E-state index contributed by atoms with van der Waals surface area (Å²) in [6.07, 6.45) is 0. The number of nitrogens with one attached hydrogen (secondary N) is 1. The number of fused-ring (bicyclic) bond motifs is 2. The van der Waals surface area contributed by atoms with Crippen molar-refractivity contribution in [3.05, 3.63) is 48.0 Å². The Bertz CT molecular complexity index is 616. The van der Waals surface area contributed by atoms with E-state index < -0.39 is 5.97 Å². The minimum atomic E-state index is -0.904. The van der Waals surface area contributed by atoms with Crippen LogP contribution in [0.5, 0.6) is 0 Å². The second-order valence-electron chi connectivity index (χ2n) is 3.74. The van der Waals surface area contributed by atoms with Crippen molar-refractivity contribution in [3.8, 4) is 0 Å². The maximum absolute atomic E-state index is 10.9. The van der Waals surface area contributed by atoms with Crippen LogP contribution < -0.4 is 5.32 Å². The monoisotopic (exact) mass is 279 g/mol. The third-order valence-corrected chi connectivity index (χ3v) is 3.75. The molecule has 18 heavy (non-hydrogen) atoms. The van der Waals surface area contributed by atoms with E-state index in [9.17, 15) is 4.79 Å². The normalized spacial score (nSPS) is 11.6. The molecule has 3 nitrogen and oxygen atoms in total. The number of carboxylic acid groups (broad SMARTS) is 1. The van der Waals surface area contributed by atoms with E-state index in [-0.39, 0.29) is 12.4 Å². The summed E-state index contributed by atoms with van der Waals surface area (Å²) >= 11 is 1.65. The molecule has 92 valence electrons. The summed E-state index contributed by atoms with van der Waals surface area (Å²) in [5, 5.41) is 12.2. The Balaban J connectivity index is 0.00000120. The third kappa shape index (κ3) is 2.17. The fourth-order valence-electron chi connectivity index (χ4n) is 1.77. The number of carbonyl (C=O) groups is 1. The number of anilines is 2. The zero-order valence-corrected chi connectivity index (χ0v) is 10.8. The van der Waals surface area contributed by atoms with E-state index in [4.69, 9.17) is 5.11 Å². The Morgan fingerprint density at radius 1 is 1.06 bits per heavy atom. The lowest BCUT2D eigenvalue weighted by Gasteiger charge is -2.20. The van der Waals surface area contributed by atoms with Crippen molar-refractivity contribution in [2.24, 2.45) is 0 Å². The fourth-order valence-corrected chi connectivity index (χ4v) is 2.74.